The van der Waals surface area contributed by atoms with E-state index in [1.165, 1.54) is 11.2 Å². The van der Waals surface area contributed by atoms with Crippen LogP contribution in [0.2, 0.25) is 0 Å². The Labute approximate surface area is 186 Å². The molecule has 0 fully saturated rings. The maximum atomic E-state index is 6.05. The summed E-state index contributed by atoms with van der Waals surface area (Å²) in [6.45, 7) is 5.38. The number of quaternary nitrogens is 1. The van der Waals surface area contributed by atoms with Crippen molar-refractivity contribution in [2.24, 2.45) is 0 Å². The zero-order valence-corrected chi connectivity index (χ0v) is 18.6. The van der Waals surface area contributed by atoms with Gasteiger partial charge in [-0.05, 0) is 38.1 Å². The minimum Gasteiger partial charge on any atom is -0.486 e. The lowest BCUT2D eigenvalue weighted by atomic mass is 10.2. The molecular weight excluding hydrogens is 406 g/mol. The monoisotopic (exact) mass is 432 g/mol. The molecule has 164 valence electrons. The van der Waals surface area contributed by atoms with Crippen molar-refractivity contribution in [3.05, 3.63) is 60.4 Å². The summed E-state index contributed by atoms with van der Waals surface area (Å²) in [4.78, 5) is 23.1. The quantitative estimate of drug-likeness (QED) is 0.438. The fourth-order valence-corrected chi connectivity index (χ4v) is 2.98. The van der Waals surface area contributed by atoms with Crippen LogP contribution >= 0.6 is 0 Å². The second-order valence-electron chi connectivity index (χ2n) is 7.77. The van der Waals surface area contributed by atoms with Crippen molar-refractivity contribution in [3.8, 4) is 17.4 Å². The number of nitrogens with one attached hydrogen (secondary N) is 2. The van der Waals surface area contributed by atoms with Gasteiger partial charge >= 0.3 is 0 Å². The number of rotatable bonds is 8. The van der Waals surface area contributed by atoms with Crippen molar-refractivity contribution in [2.75, 3.05) is 32.6 Å². The van der Waals surface area contributed by atoms with Crippen LogP contribution in [0.5, 0.6) is 17.4 Å². The van der Waals surface area contributed by atoms with Crippen molar-refractivity contribution in [3.63, 3.8) is 0 Å². The molecule has 0 spiro atoms. The van der Waals surface area contributed by atoms with E-state index in [9.17, 15) is 0 Å². The van der Waals surface area contributed by atoms with Gasteiger partial charge in [-0.15, -0.1) is 0 Å². The number of aryl methyl sites for hydroxylation is 2. The fraction of sp³-hybridized carbons (Fsp3) is 0.261. The van der Waals surface area contributed by atoms with E-state index in [2.05, 4.69) is 44.3 Å². The summed E-state index contributed by atoms with van der Waals surface area (Å²) in [6.07, 6.45) is 6.56. The molecule has 9 nitrogen and oxygen atoms in total. The minimum absolute atomic E-state index is 0.519. The standard InChI is InChI=1S/C23H25N7O2/c1-15-9-18(31-8-7-30(3)4)12-26-23(15)32-17-5-6-20-19(10-17)22(28-14-27-20)29-21-13-24-16(2)11-25-21/h5-6,9-14H,7-8H2,1-4H3,(H,25,27,28,29)/p+1. The van der Waals surface area contributed by atoms with Crippen LogP contribution in [0.15, 0.2) is 49.2 Å². The molecule has 0 atom stereocenters. The van der Waals surface area contributed by atoms with Gasteiger partial charge in [-0.1, -0.05) is 0 Å². The largest absolute Gasteiger partial charge is 0.486 e. The average molecular weight is 433 g/mol. The van der Waals surface area contributed by atoms with Crippen LogP contribution in [0.25, 0.3) is 10.9 Å². The van der Waals surface area contributed by atoms with E-state index in [1.807, 2.05) is 38.1 Å². The third-order valence-electron chi connectivity index (χ3n) is 4.72. The van der Waals surface area contributed by atoms with Gasteiger partial charge in [-0.3, -0.25) is 4.98 Å². The summed E-state index contributed by atoms with van der Waals surface area (Å²) < 4.78 is 11.8. The average Bonchev–Trinajstić information content (AvgIpc) is 2.77. The van der Waals surface area contributed by atoms with Crippen LogP contribution in [0.3, 0.4) is 0 Å². The van der Waals surface area contributed by atoms with Gasteiger partial charge in [0.2, 0.25) is 5.88 Å². The molecule has 0 bridgehead atoms. The van der Waals surface area contributed by atoms with Crippen LogP contribution in [0.4, 0.5) is 11.6 Å². The Kier molecular flexibility index (Phi) is 6.37. The minimum atomic E-state index is 0.519. The first-order valence-corrected chi connectivity index (χ1v) is 10.3. The highest BCUT2D eigenvalue weighted by molar-refractivity contribution is 5.91. The van der Waals surface area contributed by atoms with Gasteiger partial charge in [0.1, 0.15) is 42.6 Å². The number of benzene rings is 1. The highest BCUT2D eigenvalue weighted by atomic mass is 16.5. The molecule has 32 heavy (non-hydrogen) atoms. The fourth-order valence-electron chi connectivity index (χ4n) is 2.98. The Bertz CT molecular complexity index is 1210. The molecule has 3 aromatic heterocycles. The van der Waals surface area contributed by atoms with E-state index in [0.717, 1.165) is 34.5 Å². The van der Waals surface area contributed by atoms with Gasteiger partial charge in [-0.2, -0.15) is 0 Å². The molecule has 9 heteroatoms. The second kappa shape index (κ2) is 9.52. The summed E-state index contributed by atoms with van der Waals surface area (Å²) in [7, 11) is 4.18. The van der Waals surface area contributed by atoms with Crippen molar-refractivity contribution in [2.45, 2.75) is 13.8 Å². The lowest BCUT2D eigenvalue weighted by Crippen LogP contribution is -3.06. The Morgan fingerprint density at radius 2 is 1.78 bits per heavy atom. The van der Waals surface area contributed by atoms with E-state index in [4.69, 9.17) is 9.47 Å². The Morgan fingerprint density at radius 1 is 0.906 bits per heavy atom. The number of nitrogens with zero attached hydrogens (tertiary/aromatic N) is 5. The van der Waals surface area contributed by atoms with E-state index >= 15 is 0 Å². The molecule has 0 aliphatic rings. The number of hydrogen-bond donors (Lipinski definition) is 2. The van der Waals surface area contributed by atoms with Crippen molar-refractivity contribution in [1.29, 1.82) is 0 Å². The molecular formula is C23H26N7O2+. The third-order valence-corrected chi connectivity index (χ3v) is 4.72. The molecule has 2 N–H and O–H groups in total. The summed E-state index contributed by atoms with van der Waals surface area (Å²) in [5, 5.41) is 4.00. The van der Waals surface area contributed by atoms with Gasteiger partial charge in [0.25, 0.3) is 0 Å². The van der Waals surface area contributed by atoms with Gasteiger partial charge < -0.3 is 19.7 Å². The molecule has 0 aliphatic heterocycles. The number of aromatic nitrogens is 5. The zero-order valence-electron chi connectivity index (χ0n) is 18.6. The Balaban J connectivity index is 1.54. The third kappa shape index (κ3) is 5.25. The molecule has 0 amide bonds. The Morgan fingerprint density at radius 3 is 2.53 bits per heavy atom. The highest BCUT2D eigenvalue weighted by Gasteiger charge is 2.10. The number of ether oxygens (including phenoxy) is 2. The maximum absolute atomic E-state index is 6.05. The van der Waals surface area contributed by atoms with E-state index in [0.29, 0.717) is 29.9 Å². The first-order valence-electron chi connectivity index (χ1n) is 10.3. The van der Waals surface area contributed by atoms with E-state index < -0.39 is 0 Å². The summed E-state index contributed by atoms with van der Waals surface area (Å²) in [5.41, 5.74) is 2.51. The molecule has 0 aliphatic carbocycles. The number of anilines is 2. The lowest BCUT2D eigenvalue weighted by molar-refractivity contribution is -0.858. The van der Waals surface area contributed by atoms with E-state index in [-0.39, 0.29) is 0 Å². The Hall–Kier alpha value is -3.85. The molecule has 4 aromatic rings. The molecule has 0 radical (unpaired) electrons. The number of likely N-dealkylation sites (N-methyl/N-ethyl adjacent to an activating group) is 1. The first-order chi connectivity index (χ1) is 15.5. The van der Waals surface area contributed by atoms with Crippen molar-refractivity contribution >= 4 is 22.5 Å². The van der Waals surface area contributed by atoms with Crippen LogP contribution in [-0.2, 0) is 0 Å². The van der Waals surface area contributed by atoms with Gasteiger partial charge in [-0.25, -0.2) is 19.9 Å². The lowest BCUT2D eigenvalue weighted by Gasteiger charge is -2.12. The summed E-state index contributed by atoms with van der Waals surface area (Å²) in [5.74, 6) is 3.10. The maximum Gasteiger partial charge on any atom is 0.222 e. The normalized spacial score (nSPS) is 11.0. The van der Waals surface area contributed by atoms with Gasteiger partial charge in [0, 0.05) is 10.9 Å². The molecule has 3 heterocycles. The summed E-state index contributed by atoms with van der Waals surface area (Å²) >= 11 is 0. The summed E-state index contributed by atoms with van der Waals surface area (Å²) in [6, 6.07) is 7.55. The predicted octanol–water partition coefficient (Wildman–Crippen LogP) is 2.49. The SMILES string of the molecule is Cc1cnc(Nc2ncnc3ccc(Oc4ncc(OCC[NH+](C)C)cc4C)cc23)cn1. The predicted molar refractivity (Wildman–Crippen MR) is 122 cm³/mol. The van der Waals surface area contributed by atoms with Crippen molar-refractivity contribution in [1.82, 2.24) is 24.9 Å². The smallest absolute Gasteiger partial charge is 0.222 e. The first kappa shape index (κ1) is 21.4. The van der Waals surface area contributed by atoms with Gasteiger partial charge in [0.15, 0.2) is 0 Å². The van der Waals surface area contributed by atoms with Crippen LogP contribution in [-0.4, -0.2) is 52.2 Å². The molecule has 0 saturated heterocycles. The number of fused-ring (bicyclic) bond motifs is 1. The van der Waals surface area contributed by atoms with Crippen LogP contribution in [0, 0.1) is 13.8 Å². The molecule has 4 rings (SSSR count). The topological polar surface area (TPSA) is 99.4 Å². The molecule has 0 saturated carbocycles. The number of hydrogen-bond acceptors (Lipinski definition) is 8. The molecule has 0 unspecified atom stereocenters. The van der Waals surface area contributed by atoms with Crippen LogP contribution < -0.4 is 19.7 Å². The van der Waals surface area contributed by atoms with Crippen molar-refractivity contribution < 1.29 is 14.4 Å². The number of pyridine rings is 1. The zero-order chi connectivity index (χ0) is 22.5. The van der Waals surface area contributed by atoms with Gasteiger partial charge in [0.05, 0.1) is 43.9 Å². The highest BCUT2D eigenvalue weighted by Crippen LogP contribution is 2.30. The van der Waals surface area contributed by atoms with E-state index in [1.54, 1.807) is 18.6 Å². The molecule has 1 aromatic carbocycles. The second-order valence-corrected chi connectivity index (χ2v) is 7.77. The van der Waals surface area contributed by atoms with Crippen LogP contribution in [0.1, 0.15) is 11.3 Å².